The fourth-order valence-electron chi connectivity index (χ4n) is 2.01. The summed E-state index contributed by atoms with van der Waals surface area (Å²) in [7, 11) is 0. The number of hydrogen-bond acceptors (Lipinski definition) is 1. The Morgan fingerprint density at radius 3 is 2.26 bits per heavy atom. The zero-order chi connectivity index (χ0) is 13.3. The van der Waals surface area contributed by atoms with Crippen molar-refractivity contribution in [3.8, 4) is 11.8 Å². The predicted octanol–water partition coefficient (Wildman–Crippen LogP) is 3.80. The van der Waals surface area contributed by atoms with Gasteiger partial charge in [0.05, 0.1) is 0 Å². The van der Waals surface area contributed by atoms with E-state index in [0.29, 0.717) is 0 Å². The molecule has 3 rings (SSSR count). The Morgan fingerprint density at radius 1 is 0.947 bits per heavy atom. The molecule has 2 heteroatoms. The smallest absolute Gasteiger partial charge is 0.0411 e. The van der Waals surface area contributed by atoms with E-state index in [4.69, 9.17) is 5.73 Å². The molecule has 1 nitrogen and oxygen atoms in total. The highest BCUT2D eigenvalue weighted by atomic mass is 79.9. The normalized spacial score (nSPS) is 15.5. The molecule has 0 aliphatic heterocycles. The molecule has 0 spiro atoms. The Morgan fingerprint density at radius 2 is 1.63 bits per heavy atom. The van der Waals surface area contributed by atoms with Crippen LogP contribution in [0.4, 0.5) is 0 Å². The van der Waals surface area contributed by atoms with Gasteiger partial charge in [-0.2, -0.15) is 0 Å². The lowest BCUT2D eigenvalue weighted by Gasteiger charge is -2.07. The Kier molecular flexibility index (Phi) is 3.18. The molecule has 2 aromatic rings. The zero-order valence-electron chi connectivity index (χ0n) is 10.5. The Labute approximate surface area is 122 Å². The minimum atomic E-state index is -0.0611. The lowest BCUT2D eigenvalue weighted by molar-refractivity contribution is 0.740. The minimum absolute atomic E-state index is 0.0611. The van der Waals surface area contributed by atoms with Crippen LogP contribution in [0.1, 0.15) is 29.5 Å². The van der Waals surface area contributed by atoms with Crippen molar-refractivity contribution in [2.24, 2.45) is 5.73 Å². The molecule has 2 N–H and O–H groups in total. The Balaban J connectivity index is 1.83. The van der Waals surface area contributed by atoms with Crippen LogP contribution in [0.5, 0.6) is 0 Å². The van der Waals surface area contributed by atoms with Crippen molar-refractivity contribution in [1.82, 2.24) is 0 Å². The summed E-state index contributed by atoms with van der Waals surface area (Å²) in [5.74, 6) is 6.35. The van der Waals surface area contributed by atoms with E-state index in [-0.39, 0.29) is 5.54 Å². The monoisotopic (exact) mass is 311 g/mol. The second-order valence-electron chi connectivity index (χ2n) is 4.96. The zero-order valence-corrected chi connectivity index (χ0v) is 12.1. The van der Waals surface area contributed by atoms with E-state index in [2.05, 4.69) is 39.9 Å². The first-order valence-corrected chi connectivity index (χ1v) is 7.13. The highest BCUT2D eigenvalue weighted by Gasteiger charge is 2.39. The molecule has 1 saturated carbocycles. The van der Waals surface area contributed by atoms with Gasteiger partial charge < -0.3 is 5.73 Å². The van der Waals surface area contributed by atoms with E-state index in [1.54, 1.807) is 0 Å². The van der Waals surface area contributed by atoms with Crippen LogP contribution < -0.4 is 5.73 Å². The van der Waals surface area contributed by atoms with Crippen LogP contribution in [-0.4, -0.2) is 0 Å². The molecule has 1 aliphatic carbocycles. The molecular formula is C17H14BrN. The van der Waals surface area contributed by atoms with Crippen molar-refractivity contribution in [1.29, 1.82) is 0 Å². The lowest BCUT2D eigenvalue weighted by Crippen LogP contribution is -2.18. The second-order valence-corrected chi connectivity index (χ2v) is 5.82. The standard InChI is InChI=1S/C17H14BrN/c18-16-4-2-1-3-14(16)8-5-13-6-9-15(10-7-13)17(19)11-12-17/h1-4,6-7,9-10H,11-12,19H2. The molecule has 0 heterocycles. The average Bonchev–Trinajstić information content (AvgIpc) is 3.18. The van der Waals surface area contributed by atoms with Gasteiger partial charge in [0.15, 0.2) is 0 Å². The van der Waals surface area contributed by atoms with Crippen LogP contribution in [0.25, 0.3) is 0 Å². The highest BCUT2D eigenvalue weighted by Crippen LogP contribution is 2.42. The van der Waals surface area contributed by atoms with Gasteiger partial charge in [-0.05, 0) is 58.6 Å². The summed E-state index contributed by atoms with van der Waals surface area (Å²) in [6, 6.07) is 16.3. The van der Waals surface area contributed by atoms with Gasteiger partial charge in [-0.3, -0.25) is 0 Å². The maximum atomic E-state index is 6.16. The summed E-state index contributed by atoms with van der Waals surface area (Å²) in [5, 5.41) is 0. The number of nitrogens with two attached hydrogens (primary N) is 1. The van der Waals surface area contributed by atoms with Gasteiger partial charge in [0.1, 0.15) is 0 Å². The third-order valence-corrected chi connectivity index (χ3v) is 4.16. The third-order valence-electron chi connectivity index (χ3n) is 3.46. The molecule has 0 radical (unpaired) electrons. The average molecular weight is 312 g/mol. The molecule has 0 aromatic heterocycles. The summed E-state index contributed by atoms with van der Waals surface area (Å²) in [4.78, 5) is 0. The van der Waals surface area contributed by atoms with E-state index in [9.17, 15) is 0 Å². The van der Waals surface area contributed by atoms with Crippen LogP contribution in [-0.2, 0) is 5.54 Å². The summed E-state index contributed by atoms with van der Waals surface area (Å²) in [5.41, 5.74) is 9.34. The van der Waals surface area contributed by atoms with Crippen LogP contribution in [0.2, 0.25) is 0 Å². The van der Waals surface area contributed by atoms with Crippen molar-refractivity contribution < 1.29 is 0 Å². The number of hydrogen-bond donors (Lipinski definition) is 1. The highest BCUT2D eigenvalue weighted by molar-refractivity contribution is 9.10. The predicted molar refractivity (Wildman–Crippen MR) is 81.7 cm³/mol. The van der Waals surface area contributed by atoms with E-state index in [0.717, 1.165) is 28.4 Å². The molecule has 0 saturated heterocycles. The molecule has 1 fully saturated rings. The maximum absolute atomic E-state index is 6.16. The first-order chi connectivity index (χ1) is 9.17. The largest absolute Gasteiger partial charge is 0.321 e. The molecule has 0 bridgehead atoms. The van der Waals surface area contributed by atoms with Crippen LogP contribution in [0.3, 0.4) is 0 Å². The maximum Gasteiger partial charge on any atom is 0.0411 e. The van der Waals surface area contributed by atoms with Crippen LogP contribution in [0.15, 0.2) is 53.0 Å². The summed E-state index contributed by atoms with van der Waals surface area (Å²) in [6.07, 6.45) is 2.18. The van der Waals surface area contributed by atoms with Gasteiger partial charge in [-0.1, -0.05) is 36.1 Å². The van der Waals surface area contributed by atoms with E-state index in [1.807, 2.05) is 36.4 Å². The lowest BCUT2D eigenvalue weighted by atomic mass is 10.0. The SMILES string of the molecule is NC1(c2ccc(C#Cc3ccccc3Br)cc2)CC1. The van der Waals surface area contributed by atoms with Crippen molar-refractivity contribution in [3.63, 3.8) is 0 Å². The Hall–Kier alpha value is -1.56. The quantitative estimate of drug-likeness (QED) is 0.797. The Bertz CT molecular complexity index is 658. The minimum Gasteiger partial charge on any atom is -0.321 e. The van der Waals surface area contributed by atoms with E-state index in [1.165, 1.54) is 5.56 Å². The number of rotatable bonds is 1. The molecular weight excluding hydrogens is 298 g/mol. The molecule has 2 aromatic carbocycles. The second kappa shape index (κ2) is 4.85. The van der Waals surface area contributed by atoms with Gasteiger partial charge >= 0.3 is 0 Å². The first-order valence-electron chi connectivity index (χ1n) is 6.33. The molecule has 1 aliphatic rings. The van der Waals surface area contributed by atoms with Gasteiger partial charge in [0.2, 0.25) is 0 Å². The van der Waals surface area contributed by atoms with Crippen LogP contribution >= 0.6 is 15.9 Å². The van der Waals surface area contributed by atoms with Crippen LogP contribution in [0, 0.1) is 11.8 Å². The summed E-state index contributed by atoms with van der Waals surface area (Å²) in [6.45, 7) is 0. The molecule has 0 unspecified atom stereocenters. The molecule has 94 valence electrons. The van der Waals surface area contributed by atoms with E-state index < -0.39 is 0 Å². The molecule has 19 heavy (non-hydrogen) atoms. The van der Waals surface area contributed by atoms with E-state index >= 15 is 0 Å². The van der Waals surface area contributed by atoms with Crippen molar-refractivity contribution in [2.75, 3.05) is 0 Å². The fraction of sp³-hybridized carbons (Fsp3) is 0.176. The van der Waals surface area contributed by atoms with Gasteiger partial charge in [0.25, 0.3) is 0 Å². The summed E-state index contributed by atoms with van der Waals surface area (Å²) >= 11 is 3.50. The van der Waals surface area contributed by atoms with Gasteiger partial charge in [-0.25, -0.2) is 0 Å². The van der Waals surface area contributed by atoms with Crippen molar-refractivity contribution in [3.05, 3.63) is 69.7 Å². The van der Waals surface area contributed by atoms with Crippen molar-refractivity contribution in [2.45, 2.75) is 18.4 Å². The van der Waals surface area contributed by atoms with Gasteiger partial charge in [-0.15, -0.1) is 0 Å². The van der Waals surface area contributed by atoms with Crippen molar-refractivity contribution >= 4 is 15.9 Å². The molecule has 0 amide bonds. The number of benzene rings is 2. The number of halogens is 1. The topological polar surface area (TPSA) is 26.0 Å². The first kappa shape index (κ1) is 12.5. The summed E-state index contributed by atoms with van der Waals surface area (Å²) < 4.78 is 1.03. The molecule has 0 atom stereocenters. The third kappa shape index (κ3) is 2.73. The fourth-order valence-corrected chi connectivity index (χ4v) is 2.39. The van der Waals surface area contributed by atoms with Gasteiger partial charge in [0, 0.05) is 21.1 Å².